The molecule has 16 heavy (non-hydrogen) atoms. The van der Waals surface area contributed by atoms with Crippen LogP contribution in [0.25, 0.3) is 0 Å². The second kappa shape index (κ2) is 5.92. The average molecular weight is 245 g/mol. The minimum Gasteiger partial charge on any atom is -1.00 e. The molecule has 0 spiro atoms. The molecule has 1 aromatic rings. The summed E-state index contributed by atoms with van der Waals surface area (Å²) in [4.78, 5) is 12.9. The Kier molecular flexibility index (Phi) is 4.83. The fourth-order valence-electron chi connectivity index (χ4n) is 1.92. The second-order valence-corrected chi connectivity index (χ2v) is 3.91. The van der Waals surface area contributed by atoms with Gasteiger partial charge in [0.2, 0.25) is 5.76 Å². The van der Waals surface area contributed by atoms with Gasteiger partial charge in [0.15, 0.2) is 0 Å². The van der Waals surface area contributed by atoms with Gasteiger partial charge in [-0.2, -0.15) is 0 Å². The van der Waals surface area contributed by atoms with E-state index in [1.165, 1.54) is 25.3 Å². The number of carboxylic acids is 1. The summed E-state index contributed by atoms with van der Waals surface area (Å²) in [5.41, 5.74) is 0. The Bertz CT molecular complexity index is 345. The Balaban J connectivity index is 0.00000128. The van der Waals surface area contributed by atoms with E-state index in [0.29, 0.717) is 0 Å². The molecule has 1 N–H and O–H groups in total. The minimum absolute atomic E-state index is 0. The number of nitrogens with zero attached hydrogens (tertiary/aromatic N) is 1. The summed E-state index contributed by atoms with van der Waals surface area (Å²) in [5, 5.41) is 8.70. The Morgan fingerprint density at radius 1 is 1.31 bits per heavy atom. The van der Waals surface area contributed by atoms with Crippen LogP contribution in [0.3, 0.4) is 0 Å². The molecular formula is C11H15ClNO3-. The Labute approximate surface area is 101 Å². The molecule has 1 aromatic heterocycles. The average Bonchev–Trinajstić information content (AvgIpc) is 2.68. The fraction of sp³-hybridized carbons (Fsp3) is 0.545. The van der Waals surface area contributed by atoms with E-state index in [1.54, 1.807) is 6.07 Å². The van der Waals surface area contributed by atoms with Crippen molar-refractivity contribution in [2.45, 2.75) is 25.8 Å². The van der Waals surface area contributed by atoms with Crippen molar-refractivity contribution in [1.82, 2.24) is 4.90 Å². The SMILES string of the molecule is O=C(O)c1ccc(CN2CCCCC2)o1.[Cl-]. The van der Waals surface area contributed by atoms with Crippen LogP contribution in [0.1, 0.15) is 35.6 Å². The standard InChI is InChI=1S/C11H15NO3.ClH/c13-11(14)10-5-4-9(15-10)8-12-6-2-1-3-7-12;/h4-5H,1-3,6-8H2,(H,13,14);1H/p-1. The van der Waals surface area contributed by atoms with Crippen LogP contribution in [-0.2, 0) is 6.54 Å². The van der Waals surface area contributed by atoms with Crippen molar-refractivity contribution in [3.8, 4) is 0 Å². The summed E-state index contributed by atoms with van der Waals surface area (Å²) in [7, 11) is 0. The summed E-state index contributed by atoms with van der Waals surface area (Å²) in [5.74, 6) is -0.226. The smallest absolute Gasteiger partial charge is 0.371 e. The molecule has 1 aliphatic rings. The van der Waals surface area contributed by atoms with Gasteiger partial charge in [-0.25, -0.2) is 4.79 Å². The van der Waals surface area contributed by atoms with Crippen molar-refractivity contribution < 1.29 is 26.7 Å². The van der Waals surface area contributed by atoms with Crippen molar-refractivity contribution in [3.63, 3.8) is 0 Å². The first-order valence-electron chi connectivity index (χ1n) is 5.30. The Morgan fingerprint density at radius 2 is 2.00 bits per heavy atom. The molecule has 1 saturated heterocycles. The lowest BCUT2D eigenvalue weighted by atomic mass is 10.1. The molecule has 90 valence electrons. The summed E-state index contributed by atoms with van der Waals surface area (Å²) in [6.45, 7) is 2.90. The van der Waals surface area contributed by atoms with Gasteiger partial charge in [0.25, 0.3) is 0 Å². The first-order chi connectivity index (χ1) is 7.25. The highest BCUT2D eigenvalue weighted by Crippen LogP contribution is 2.15. The Hall–Kier alpha value is -1.00. The van der Waals surface area contributed by atoms with Crippen LogP contribution in [0.15, 0.2) is 16.5 Å². The van der Waals surface area contributed by atoms with E-state index in [2.05, 4.69) is 4.90 Å². The van der Waals surface area contributed by atoms with E-state index >= 15 is 0 Å². The van der Waals surface area contributed by atoms with Crippen LogP contribution in [0.4, 0.5) is 0 Å². The molecule has 0 aromatic carbocycles. The number of furan rings is 1. The van der Waals surface area contributed by atoms with Crippen LogP contribution < -0.4 is 12.4 Å². The number of carboxylic acid groups (broad SMARTS) is 1. The molecule has 5 heteroatoms. The Morgan fingerprint density at radius 3 is 2.56 bits per heavy atom. The summed E-state index contributed by atoms with van der Waals surface area (Å²) in [6, 6.07) is 3.26. The van der Waals surface area contributed by atoms with Crippen LogP contribution in [0.5, 0.6) is 0 Å². The van der Waals surface area contributed by atoms with Crippen molar-refractivity contribution in [3.05, 3.63) is 23.7 Å². The fourth-order valence-corrected chi connectivity index (χ4v) is 1.92. The minimum atomic E-state index is -1.00. The summed E-state index contributed by atoms with van der Waals surface area (Å²) < 4.78 is 5.21. The van der Waals surface area contributed by atoms with Gasteiger partial charge in [0.05, 0.1) is 6.54 Å². The number of rotatable bonds is 3. The monoisotopic (exact) mass is 244 g/mol. The van der Waals surface area contributed by atoms with Crippen LogP contribution in [0.2, 0.25) is 0 Å². The van der Waals surface area contributed by atoms with Gasteiger partial charge >= 0.3 is 5.97 Å². The molecule has 0 aliphatic carbocycles. The third-order valence-electron chi connectivity index (χ3n) is 2.70. The van der Waals surface area contributed by atoms with Crippen molar-refractivity contribution in [2.75, 3.05) is 13.1 Å². The first-order valence-corrected chi connectivity index (χ1v) is 5.30. The van der Waals surface area contributed by atoms with E-state index in [1.807, 2.05) is 0 Å². The van der Waals surface area contributed by atoms with Gasteiger partial charge in [0, 0.05) is 0 Å². The number of piperidine rings is 1. The maximum Gasteiger partial charge on any atom is 0.371 e. The molecular weight excluding hydrogens is 230 g/mol. The molecule has 0 bridgehead atoms. The van der Waals surface area contributed by atoms with Crippen LogP contribution in [-0.4, -0.2) is 29.1 Å². The molecule has 1 aliphatic heterocycles. The zero-order chi connectivity index (χ0) is 10.7. The second-order valence-electron chi connectivity index (χ2n) is 3.91. The predicted octanol–water partition coefficient (Wildman–Crippen LogP) is -1.03. The van der Waals surface area contributed by atoms with Crippen LogP contribution >= 0.6 is 0 Å². The molecule has 0 saturated carbocycles. The largest absolute Gasteiger partial charge is 1.00 e. The summed E-state index contributed by atoms with van der Waals surface area (Å²) in [6.07, 6.45) is 3.76. The zero-order valence-electron chi connectivity index (χ0n) is 8.99. The zero-order valence-corrected chi connectivity index (χ0v) is 9.74. The molecule has 4 nitrogen and oxygen atoms in total. The van der Waals surface area contributed by atoms with Gasteiger partial charge in [-0.05, 0) is 38.1 Å². The quantitative estimate of drug-likeness (QED) is 0.739. The van der Waals surface area contributed by atoms with Gasteiger partial charge in [-0.15, -0.1) is 0 Å². The van der Waals surface area contributed by atoms with E-state index in [4.69, 9.17) is 9.52 Å². The number of halogens is 1. The molecule has 2 rings (SSSR count). The lowest BCUT2D eigenvalue weighted by molar-refractivity contribution is -0.0000186. The molecule has 0 radical (unpaired) electrons. The number of hydrogen-bond donors (Lipinski definition) is 1. The lowest BCUT2D eigenvalue weighted by Crippen LogP contribution is -3.00. The third-order valence-corrected chi connectivity index (χ3v) is 2.70. The number of carbonyl (C=O) groups is 1. The number of likely N-dealkylation sites (tertiary alicyclic amines) is 1. The lowest BCUT2D eigenvalue weighted by Gasteiger charge is -2.25. The van der Waals surface area contributed by atoms with Crippen molar-refractivity contribution in [1.29, 1.82) is 0 Å². The molecule has 2 heterocycles. The normalized spacial score (nSPS) is 16.8. The molecule has 1 fully saturated rings. The molecule has 0 atom stereocenters. The highest BCUT2D eigenvalue weighted by atomic mass is 35.5. The summed E-state index contributed by atoms with van der Waals surface area (Å²) >= 11 is 0. The predicted molar refractivity (Wildman–Crippen MR) is 54.8 cm³/mol. The number of hydrogen-bond acceptors (Lipinski definition) is 3. The number of aromatic carboxylic acids is 1. The van der Waals surface area contributed by atoms with Crippen molar-refractivity contribution in [2.24, 2.45) is 0 Å². The van der Waals surface area contributed by atoms with Gasteiger partial charge in [0.1, 0.15) is 5.76 Å². The highest BCUT2D eigenvalue weighted by Gasteiger charge is 2.14. The maximum absolute atomic E-state index is 10.6. The maximum atomic E-state index is 10.6. The van der Waals surface area contributed by atoms with Gasteiger partial charge < -0.3 is 21.9 Å². The molecule has 0 amide bonds. The van der Waals surface area contributed by atoms with Gasteiger partial charge in [-0.3, -0.25) is 4.90 Å². The van der Waals surface area contributed by atoms with E-state index in [0.717, 1.165) is 25.4 Å². The first kappa shape index (κ1) is 13.1. The third kappa shape index (κ3) is 3.25. The van der Waals surface area contributed by atoms with Crippen LogP contribution in [0, 0.1) is 0 Å². The van der Waals surface area contributed by atoms with E-state index in [9.17, 15) is 4.79 Å². The van der Waals surface area contributed by atoms with E-state index < -0.39 is 5.97 Å². The topological polar surface area (TPSA) is 53.7 Å². The molecule has 0 unspecified atom stereocenters. The highest BCUT2D eigenvalue weighted by molar-refractivity contribution is 5.84. The van der Waals surface area contributed by atoms with E-state index in [-0.39, 0.29) is 18.2 Å². The van der Waals surface area contributed by atoms with Gasteiger partial charge in [-0.1, -0.05) is 6.42 Å². The van der Waals surface area contributed by atoms with Crippen molar-refractivity contribution >= 4 is 5.97 Å².